The van der Waals surface area contributed by atoms with Crippen LogP contribution in [0.3, 0.4) is 0 Å². The van der Waals surface area contributed by atoms with Gasteiger partial charge >= 0.3 is 6.18 Å². The first-order valence-corrected chi connectivity index (χ1v) is 8.07. The van der Waals surface area contributed by atoms with Crippen molar-refractivity contribution < 1.29 is 30.7 Å². The Balaban J connectivity index is 2.38. The summed E-state index contributed by atoms with van der Waals surface area (Å²) in [4.78, 5) is -0.435. The summed E-state index contributed by atoms with van der Waals surface area (Å²) in [6, 6.07) is 5.95. The van der Waals surface area contributed by atoms with Gasteiger partial charge in [0.05, 0.1) is 17.6 Å². The predicted octanol–water partition coefficient (Wildman–Crippen LogP) is 3.96. The van der Waals surface area contributed by atoms with Gasteiger partial charge in [-0.05, 0) is 42.8 Å². The molecule has 0 saturated heterocycles. The molecule has 0 aliphatic heterocycles. The molecule has 0 saturated carbocycles. The van der Waals surface area contributed by atoms with Crippen LogP contribution in [0.1, 0.15) is 11.1 Å². The molecule has 9 heteroatoms. The molecule has 0 unspecified atom stereocenters. The lowest BCUT2D eigenvalue weighted by Crippen LogP contribution is -2.15. The minimum absolute atomic E-state index is 0.0408. The van der Waals surface area contributed by atoms with E-state index in [9.17, 15) is 26.0 Å². The maximum absolute atomic E-state index is 13.6. The Morgan fingerprint density at radius 2 is 1.75 bits per heavy atom. The quantitative estimate of drug-likeness (QED) is 0.837. The van der Waals surface area contributed by atoms with E-state index >= 15 is 0 Å². The van der Waals surface area contributed by atoms with E-state index in [1.165, 1.54) is 20.1 Å². The SMILES string of the molecule is COc1ccc(S(=O)(=O)Nc2ccc(C)c(C(F)(F)F)c2)cc1F. The van der Waals surface area contributed by atoms with Crippen molar-refractivity contribution in [3.8, 4) is 5.75 Å². The van der Waals surface area contributed by atoms with Crippen LogP contribution in [0.5, 0.6) is 5.75 Å². The van der Waals surface area contributed by atoms with Gasteiger partial charge in [-0.15, -0.1) is 0 Å². The maximum atomic E-state index is 13.6. The molecule has 0 aliphatic carbocycles. The fourth-order valence-corrected chi connectivity index (χ4v) is 3.08. The number of hydrogen-bond donors (Lipinski definition) is 1. The van der Waals surface area contributed by atoms with Crippen molar-refractivity contribution in [3.63, 3.8) is 0 Å². The summed E-state index contributed by atoms with van der Waals surface area (Å²) in [7, 11) is -3.03. The third kappa shape index (κ3) is 3.78. The number of ether oxygens (including phenoxy) is 1. The molecule has 0 radical (unpaired) electrons. The Kier molecular flexibility index (Phi) is 4.75. The molecule has 0 amide bonds. The molecule has 0 spiro atoms. The van der Waals surface area contributed by atoms with Gasteiger partial charge in [-0.2, -0.15) is 13.2 Å². The van der Waals surface area contributed by atoms with Crippen molar-refractivity contribution in [2.45, 2.75) is 18.0 Å². The van der Waals surface area contributed by atoms with Crippen molar-refractivity contribution in [3.05, 3.63) is 53.3 Å². The van der Waals surface area contributed by atoms with Crippen LogP contribution in [0.15, 0.2) is 41.3 Å². The third-order valence-electron chi connectivity index (χ3n) is 3.23. The molecule has 130 valence electrons. The molecule has 24 heavy (non-hydrogen) atoms. The van der Waals surface area contributed by atoms with Crippen molar-refractivity contribution in [1.29, 1.82) is 0 Å². The van der Waals surface area contributed by atoms with Crippen molar-refractivity contribution in [1.82, 2.24) is 0 Å². The summed E-state index contributed by atoms with van der Waals surface area (Å²) in [5.74, 6) is -1.05. The number of aryl methyl sites for hydroxylation is 1. The Morgan fingerprint density at radius 1 is 1.08 bits per heavy atom. The molecule has 0 aromatic heterocycles. The van der Waals surface area contributed by atoms with E-state index in [0.717, 1.165) is 24.3 Å². The van der Waals surface area contributed by atoms with Crippen LogP contribution in [0.4, 0.5) is 23.2 Å². The second kappa shape index (κ2) is 6.31. The summed E-state index contributed by atoms with van der Waals surface area (Å²) >= 11 is 0. The number of halogens is 4. The van der Waals surface area contributed by atoms with Crippen molar-refractivity contribution >= 4 is 15.7 Å². The maximum Gasteiger partial charge on any atom is 0.416 e. The molecule has 2 rings (SSSR count). The summed E-state index contributed by atoms with van der Waals surface area (Å²) < 4.78 is 83.4. The van der Waals surface area contributed by atoms with Gasteiger partial charge in [0.2, 0.25) is 0 Å². The monoisotopic (exact) mass is 363 g/mol. The van der Waals surface area contributed by atoms with Crippen LogP contribution in [-0.2, 0) is 16.2 Å². The summed E-state index contributed by atoms with van der Waals surface area (Å²) in [5.41, 5.74) is -1.27. The van der Waals surface area contributed by atoms with Crippen LogP contribution in [0.25, 0.3) is 0 Å². The van der Waals surface area contributed by atoms with Crippen molar-refractivity contribution in [2.75, 3.05) is 11.8 Å². The highest BCUT2D eigenvalue weighted by atomic mass is 32.2. The van der Waals surface area contributed by atoms with Gasteiger partial charge < -0.3 is 4.74 Å². The van der Waals surface area contributed by atoms with Crippen molar-refractivity contribution in [2.24, 2.45) is 0 Å². The van der Waals surface area contributed by atoms with E-state index < -0.39 is 32.5 Å². The van der Waals surface area contributed by atoms with Crippen LogP contribution in [0.2, 0.25) is 0 Å². The van der Waals surface area contributed by atoms with Gasteiger partial charge in [-0.25, -0.2) is 12.8 Å². The first-order valence-electron chi connectivity index (χ1n) is 6.59. The summed E-state index contributed by atoms with van der Waals surface area (Å²) in [6.07, 6.45) is -4.61. The second-order valence-electron chi connectivity index (χ2n) is 4.93. The molecule has 2 aromatic rings. The second-order valence-corrected chi connectivity index (χ2v) is 6.61. The summed E-state index contributed by atoms with van der Waals surface area (Å²) in [5, 5.41) is 0. The van der Waals surface area contributed by atoms with Crippen LogP contribution < -0.4 is 9.46 Å². The van der Waals surface area contributed by atoms with Gasteiger partial charge in [0.1, 0.15) is 0 Å². The van der Waals surface area contributed by atoms with E-state index in [1.807, 2.05) is 4.72 Å². The highest BCUT2D eigenvalue weighted by Crippen LogP contribution is 2.34. The van der Waals surface area contributed by atoms with Gasteiger partial charge in [0.25, 0.3) is 10.0 Å². The number of anilines is 1. The van der Waals surface area contributed by atoms with E-state index in [-0.39, 0.29) is 17.0 Å². The zero-order valence-electron chi connectivity index (χ0n) is 12.6. The Morgan fingerprint density at radius 3 is 2.29 bits per heavy atom. The smallest absolute Gasteiger partial charge is 0.416 e. The molecule has 0 fully saturated rings. The highest BCUT2D eigenvalue weighted by Gasteiger charge is 2.32. The fourth-order valence-electron chi connectivity index (χ4n) is 2.02. The molecule has 1 N–H and O–H groups in total. The number of rotatable bonds is 4. The molecule has 0 bridgehead atoms. The average Bonchev–Trinajstić information content (AvgIpc) is 2.47. The number of alkyl halides is 3. The molecule has 0 aliphatic rings. The number of sulfonamides is 1. The van der Waals surface area contributed by atoms with Gasteiger partial charge in [0, 0.05) is 5.69 Å². The van der Waals surface area contributed by atoms with Crippen LogP contribution in [-0.4, -0.2) is 15.5 Å². The Bertz CT molecular complexity index is 864. The Labute approximate surface area is 136 Å². The zero-order chi connectivity index (χ0) is 18.1. The lowest BCUT2D eigenvalue weighted by atomic mass is 10.1. The lowest BCUT2D eigenvalue weighted by Gasteiger charge is -2.14. The van der Waals surface area contributed by atoms with Crippen LogP contribution >= 0.6 is 0 Å². The summed E-state index contributed by atoms with van der Waals surface area (Å²) in [6.45, 7) is 1.26. The topological polar surface area (TPSA) is 55.4 Å². The zero-order valence-corrected chi connectivity index (χ0v) is 13.4. The van der Waals surface area contributed by atoms with Gasteiger partial charge in [-0.3, -0.25) is 4.72 Å². The normalized spacial score (nSPS) is 12.1. The van der Waals surface area contributed by atoms with E-state index in [0.29, 0.717) is 6.07 Å². The molecular weight excluding hydrogens is 350 g/mol. The lowest BCUT2D eigenvalue weighted by molar-refractivity contribution is -0.138. The predicted molar refractivity (Wildman–Crippen MR) is 79.9 cm³/mol. The molecule has 4 nitrogen and oxygen atoms in total. The Hall–Kier alpha value is -2.29. The van der Waals surface area contributed by atoms with E-state index in [4.69, 9.17) is 0 Å². The number of methoxy groups -OCH3 is 1. The standard InChI is InChI=1S/C15H13F4NO3S/c1-9-3-4-10(7-12(9)15(17,18)19)20-24(21,22)11-5-6-14(23-2)13(16)8-11/h3-8,20H,1-2H3. The van der Waals surface area contributed by atoms with Crippen LogP contribution in [0, 0.1) is 12.7 Å². The first kappa shape index (κ1) is 18.1. The molecule has 0 heterocycles. The molecule has 0 atom stereocenters. The first-order chi connectivity index (χ1) is 11.0. The highest BCUT2D eigenvalue weighted by molar-refractivity contribution is 7.92. The third-order valence-corrected chi connectivity index (χ3v) is 4.61. The number of benzene rings is 2. The largest absolute Gasteiger partial charge is 0.494 e. The number of nitrogens with one attached hydrogen (secondary N) is 1. The minimum atomic E-state index is -4.61. The molecule has 2 aromatic carbocycles. The number of hydrogen-bond acceptors (Lipinski definition) is 3. The molecular formula is C15H13F4NO3S. The minimum Gasteiger partial charge on any atom is -0.494 e. The van der Waals surface area contributed by atoms with E-state index in [2.05, 4.69) is 4.74 Å². The van der Waals surface area contributed by atoms with Gasteiger partial charge in [-0.1, -0.05) is 6.07 Å². The van der Waals surface area contributed by atoms with E-state index in [1.54, 1.807) is 0 Å². The van der Waals surface area contributed by atoms with Gasteiger partial charge in [0.15, 0.2) is 11.6 Å². The average molecular weight is 363 g/mol. The fraction of sp³-hybridized carbons (Fsp3) is 0.200.